The molecule has 1 N–H and O–H groups in total. The minimum atomic E-state index is -1.14. The Kier molecular flexibility index (Phi) is 9.11. The Labute approximate surface area is 230 Å². The molecule has 0 spiro atoms. The topological polar surface area (TPSA) is 67.9 Å². The van der Waals surface area contributed by atoms with Crippen LogP contribution in [0.5, 0.6) is 0 Å². The molecule has 0 aromatic heterocycles. The lowest BCUT2D eigenvalue weighted by atomic mass is 9.67. The van der Waals surface area contributed by atoms with Gasteiger partial charge in [0.1, 0.15) is 11.2 Å². The van der Waals surface area contributed by atoms with E-state index >= 15 is 0 Å². The van der Waals surface area contributed by atoms with Crippen molar-refractivity contribution in [1.82, 2.24) is 4.90 Å². The van der Waals surface area contributed by atoms with Crippen LogP contribution in [0, 0.1) is 11.8 Å². The van der Waals surface area contributed by atoms with E-state index in [4.69, 9.17) is 9.47 Å². The smallest absolute Gasteiger partial charge is 0.325 e. The lowest BCUT2D eigenvalue weighted by Crippen LogP contribution is -2.51. The van der Waals surface area contributed by atoms with Crippen molar-refractivity contribution in [2.75, 3.05) is 18.4 Å². The molecule has 2 saturated carbocycles. The van der Waals surface area contributed by atoms with Gasteiger partial charge in [-0.15, -0.1) is 0 Å². The van der Waals surface area contributed by atoms with Gasteiger partial charge in [-0.2, -0.15) is 0 Å². The Morgan fingerprint density at radius 1 is 0.816 bits per heavy atom. The first-order valence-electron chi connectivity index (χ1n) is 15.0. The van der Waals surface area contributed by atoms with E-state index in [2.05, 4.69) is 10.2 Å². The van der Waals surface area contributed by atoms with E-state index in [1.807, 2.05) is 65.8 Å². The molecule has 6 nitrogen and oxygen atoms in total. The van der Waals surface area contributed by atoms with Crippen LogP contribution in [-0.2, 0) is 19.1 Å². The van der Waals surface area contributed by atoms with Crippen LogP contribution in [0.2, 0.25) is 0 Å². The molecule has 1 heterocycles. The molecule has 6 heteroatoms. The van der Waals surface area contributed by atoms with Crippen LogP contribution >= 0.6 is 0 Å². The maximum Gasteiger partial charge on any atom is 0.325 e. The predicted molar refractivity (Wildman–Crippen MR) is 152 cm³/mol. The van der Waals surface area contributed by atoms with E-state index < -0.39 is 29.1 Å². The van der Waals surface area contributed by atoms with Crippen LogP contribution in [0.3, 0.4) is 0 Å². The van der Waals surface area contributed by atoms with E-state index in [0.29, 0.717) is 11.6 Å². The third-order valence-electron chi connectivity index (χ3n) is 8.45. The number of rotatable bonds is 6. The minimum absolute atomic E-state index is 0.302. The van der Waals surface area contributed by atoms with Gasteiger partial charge in [-0.3, -0.25) is 14.5 Å². The normalized spacial score (nSPS) is 25.5. The van der Waals surface area contributed by atoms with Gasteiger partial charge < -0.3 is 14.8 Å². The third-order valence-corrected chi connectivity index (χ3v) is 8.45. The second kappa shape index (κ2) is 12.0. The molecule has 1 saturated heterocycles. The van der Waals surface area contributed by atoms with Crippen LogP contribution in [0.1, 0.15) is 111 Å². The van der Waals surface area contributed by atoms with Crippen molar-refractivity contribution in [3.05, 3.63) is 29.8 Å². The summed E-state index contributed by atoms with van der Waals surface area (Å²) in [6.45, 7) is 13.1. The Bertz CT molecular complexity index is 925. The minimum Gasteiger partial charge on any atom is -0.459 e. The summed E-state index contributed by atoms with van der Waals surface area (Å²) in [5, 5.41) is 3.70. The number of esters is 2. The summed E-state index contributed by atoms with van der Waals surface area (Å²) in [6.07, 6.45) is 12.0. The second-order valence-electron chi connectivity index (χ2n) is 13.7. The molecule has 4 rings (SSSR count). The zero-order valence-electron chi connectivity index (χ0n) is 24.6. The van der Waals surface area contributed by atoms with Crippen molar-refractivity contribution in [1.29, 1.82) is 0 Å². The molecule has 1 aromatic carbocycles. The van der Waals surface area contributed by atoms with Crippen molar-refractivity contribution in [2.45, 2.75) is 129 Å². The van der Waals surface area contributed by atoms with Crippen molar-refractivity contribution in [3.63, 3.8) is 0 Å². The number of hydrogen-bond acceptors (Lipinski definition) is 6. The highest BCUT2D eigenvalue weighted by Gasteiger charge is 2.40. The number of ether oxygens (including phenoxy) is 2. The van der Waals surface area contributed by atoms with Crippen LogP contribution in [0.4, 0.5) is 5.69 Å². The van der Waals surface area contributed by atoms with Gasteiger partial charge in [0.25, 0.3) is 0 Å². The molecule has 3 fully saturated rings. The number of benzene rings is 1. The van der Waals surface area contributed by atoms with Gasteiger partial charge in [0, 0.05) is 36.4 Å². The lowest BCUT2D eigenvalue weighted by Gasteiger charge is -2.48. The summed E-state index contributed by atoms with van der Waals surface area (Å²) < 4.78 is 11.4. The van der Waals surface area contributed by atoms with Gasteiger partial charge in [0.15, 0.2) is 5.92 Å². The fourth-order valence-electron chi connectivity index (χ4n) is 6.91. The molecule has 3 unspecified atom stereocenters. The molecular formula is C32H50N2O4. The summed E-state index contributed by atoms with van der Waals surface area (Å²) in [5.41, 5.74) is 0.0277. The number of nitrogens with one attached hydrogen (secondary N) is 1. The molecule has 2 aliphatic carbocycles. The first-order chi connectivity index (χ1) is 17.9. The predicted octanol–water partition coefficient (Wildman–Crippen LogP) is 6.69. The van der Waals surface area contributed by atoms with Gasteiger partial charge >= 0.3 is 11.9 Å². The molecule has 1 aromatic rings. The highest BCUT2D eigenvalue weighted by Crippen LogP contribution is 2.43. The number of hydrogen-bond donors (Lipinski definition) is 1. The maximum atomic E-state index is 13.3. The fourth-order valence-corrected chi connectivity index (χ4v) is 6.91. The van der Waals surface area contributed by atoms with Crippen molar-refractivity contribution in [2.24, 2.45) is 11.8 Å². The van der Waals surface area contributed by atoms with Crippen LogP contribution in [-0.4, -0.2) is 53.2 Å². The third kappa shape index (κ3) is 7.52. The highest BCUT2D eigenvalue weighted by molar-refractivity contribution is 6.02. The number of para-hydroxylation sites is 1. The summed E-state index contributed by atoms with van der Waals surface area (Å²) in [4.78, 5) is 29.4. The molecule has 3 aliphatic rings. The number of carbonyl (C=O) groups is 2. The lowest BCUT2D eigenvalue weighted by molar-refractivity contribution is -0.169. The average Bonchev–Trinajstić information content (AvgIpc) is 2.83. The number of likely N-dealkylation sites (tertiary alicyclic amines) is 1. The molecular weight excluding hydrogens is 476 g/mol. The van der Waals surface area contributed by atoms with Crippen LogP contribution in [0.15, 0.2) is 24.3 Å². The van der Waals surface area contributed by atoms with E-state index in [1.54, 1.807) is 0 Å². The first-order valence-corrected chi connectivity index (χ1v) is 15.0. The second-order valence-corrected chi connectivity index (χ2v) is 13.7. The Morgan fingerprint density at radius 3 is 2.03 bits per heavy atom. The van der Waals surface area contributed by atoms with E-state index in [0.717, 1.165) is 49.5 Å². The number of fused-ring (bicyclic) bond motifs is 1. The van der Waals surface area contributed by atoms with Crippen molar-refractivity contribution >= 4 is 17.6 Å². The zero-order chi connectivity index (χ0) is 27.5. The maximum absolute atomic E-state index is 13.3. The largest absolute Gasteiger partial charge is 0.459 e. The van der Waals surface area contributed by atoms with Crippen molar-refractivity contribution in [3.8, 4) is 0 Å². The van der Waals surface area contributed by atoms with E-state index in [-0.39, 0.29) is 0 Å². The van der Waals surface area contributed by atoms with Crippen molar-refractivity contribution < 1.29 is 19.1 Å². The Hall–Kier alpha value is -2.08. The number of carbonyl (C=O) groups excluding carboxylic acids is 2. The highest BCUT2D eigenvalue weighted by atomic mass is 16.6. The SMILES string of the molecule is CC(C)(C)OC(=O)C(C(=O)OC(C)(C)C)c1ccccc1NC1CCN(C2CCCC3CCCCC32)CC1. The van der Waals surface area contributed by atoms with Crippen LogP contribution < -0.4 is 5.32 Å². The molecule has 38 heavy (non-hydrogen) atoms. The van der Waals surface area contributed by atoms with Gasteiger partial charge in [-0.05, 0) is 85.1 Å². The quantitative estimate of drug-likeness (QED) is 0.329. The molecule has 212 valence electrons. The van der Waals surface area contributed by atoms with E-state index in [9.17, 15) is 9.59 Å². The van der Waals surface area contributed by atoms with Gasteiger partial charge in [0.2, 0.25) is 0 Å². The fraction of sp³-hybridized carbons (Fsp3) is 0.750. The molecule has 1 aliphatic heterocycles. The zero-order valence-corrected chi connectivity index (χ0v) is 24.6. The molecule has 0 radical (unpaired) electrons. The van der Waals surface area contributed by atoms with Crippen LogP contribution in [0.25, 0.3) is 0 Å². The molecule has 3 atom stereocenters. The first kappa shape index (κ1) is 28.9. The molecule has 0 bridgehead atoms. The van der Waals surface area contributed by atoms with Gasteiger partial charge in [0.05, 0.1) is 0 Å². The number of piperidine rings is 1. The standard InChI is InChI=1S/C32H50N2O4/c1-31(2,3)37-29(35)28(30(36)38-32(4,5)6)25-15-9-10-16-26(25)33-23-18-20-34(21-19-23)27-17-11-13-22-12-7-8-14-24(22)27/h9-10,15-16,22-24,27-28,33H,7-8,11-14,17-21H2,1-6H3. The van der Waals surface area contributed by atoms with Gasteiger partial charge in [-0.1, -0.05) is 50.3 Å². The van der Waals surface area contributed by atoms with E-state index in [1.165, 1.54) is 44.9 Å². The number of nitrogens with zero attached hydrogens (tertiary/aromatic N) is 1. The monoisotopic (exact) mass is 526 g/mol. The average molecular weight is 527 g/mol. The Morgan fingerprint density at radius 2 is 1.39 bits per heavy atom. The summed E-state index contributed by atoms with van der Waals surface area (Å²) >= 11 is 0. The summed E-state index contributed by atoms with van der Waals surface area (Å²) in [6, 6.07) is 8.70. The van der Waals surface area contributed by atoms with Gasteiger partial charge in [-0.25, -0.2) is 0 Å². The number of anilines is 1. The summed E-state index contributed by atoms with van der Waals surface area (Å²) in [7, 11) is 0. The molecule has 0 amide bonds. The summed E-state index contributed by atoms with van der Waals surface area (Å²) in [5.74, 6) is -0.443. The Balaban J connectivity index is 1.46.